The molecule has 0 fully saturated rings. The molecule has 0 saturated heterocycles. The molecular weight excluding hydrogens is 309 g/mol. The predicted molar refractivity (Wildman–Crippen MR) is 66.4 cm³/mol. The highest BCUT2D eigenvalue weighted by molar-refractivity contribution is 5.94. The molecule has 0 bridgehead atoms. The first kappa shape index (κ1) is 17.7. The van der Waals surface area contributed by atoms with Gasteiger partial charge in [0, 0.05) is 17.8 Å². The highest BCUT2D eigenvalue weighted by Crippen LogP contribution is 2.17. The van der Waals surface area contributed by atoms with E-state index in [0.29, 0.717) is 0 Å². The van der Waals surface area contributed by atoms with Crippen LogP contribution >= 0.6 is 0 Å². The summed E-state index contributed by atoms with van der Waals surface area (Å²) in [7, 11) is 0. The Kier molecular flexibility index (Phi) is 5.31. The van der Waals surface area contributed by atoms with E-state index in [-0.39, 0.29) is 5.56 Å². The zero-order valence-electron chi connectivity index (χ0n) is 11.3. The molecule has 22 heavy (non-hydrogen) atoms. The first-order chi connectivity index (χ1) is 10.0. The van der Waals surface area contributed by atoms with Crippen molar-refractivity contribution in [3.8, 4) is 5.88 Å². The maximum atomic E-state index is 12.0. The molecule has 1 aromatic heterocycles. The van der Waals surface area contributed by atoms with Crippen LogP contribution in [0, 0.1) is 0 Å². The molecule has 0 aromatic carbocycles. The molecule has 10 heteroatoms. The smallest absolute Gasteiger partial charge is 0.422 e. The Labute approximate surface area is 122 Å². The largest absolute Gasteiger partial charge is 0.479 e. The second-order valence-electron chi connectivity index (χ2n) is 4.55. The Balaban J connectivity index is 2.69. The number of pyridine rings is 1. The lowest BCUT2D eigenvalue weighted by Crippen LogP contribution is -2.46. The van der Waals surface area contributed by atoms with Crippen molar-refractivity contribution in [3.63, 3.8) is 0 Å². The summed E-state index contributed by atoms with van der Waals surface area (Å²) in [5.41, 5.74) is -2.26. The van der Waals surface area contributed by atoms with Gasteiger partial charge in [-0.1, -0.05) is 0 Å². The number of ether oxygens (including phenoxy) is 1. The number of nitrogens with zero attached hydrogens (tertiary/aromatic N) is 1. The van der Waals surface area contributed by atoms with Crippen molar-refractivity contribution in [2.75, 3.05) is 13.2 Å². The summed E-state index contributed by atoms with van der Waals surface area (Å²) in [6, 6.07) is 2.17. The molecule has 1 amide bonds. The first-order valence-corrected chi connectivity index (χ1v) is 5.91. The van der Waals surface area contributed by atoms with Crippen LogP contribution in [0.25, 0.3) is 0 Å². The van der Waals surface area contributed by atoms with Crippen LogP contribution in [0.2, 0.25) is 0 Å². The van der Waals surface area contributed by atoms with Crippen molar-refractivity contribution in [2.24, 2.45) is 0 Å². The molecule has 0 aliphatic carbocycles. The number of alkyl halides is 3. The van der Waals surface area contributed by atoms with Crippen molar-refractivity contribution in [1.29, 1.82) is 0 Å². The van der Waals surface area contributed by atoms with Gasteiger partial charge in [0.15, 0.2) is 12.2 Å². The summed E-state index contributed by atoms with van der Waals surface area (Å²) in [6.45, 7) is -1.15. The Morgan fingerprint density at radius 2 is 2.05 bits per heavy atom. The van der Waals surface area contributed by atoms with Gasteiger partial charge in [0.25, 0.3) is 5.91 Å². The van der Waals surface area contributed by atoms with Crippen molar-refractivity contribution in [3.05, 3.63) is 23.9 Å². The van der Waals surface area contributed by atoms with Crippen LogP contribution < -0.4 is 10.1 Å². The van der Waals surface area contributed by atoms with Gasteiger partial charge < -0.3 is 20.3 Å². The molecule has 122 valence electrons. The molecule has 0 saturated carbocycles. The van der Waals surface area contributed by atoms with E-state index in [1.807, 2.05) is 0 Å². The van der Waals surface area contributed by atoms with Gasteiger partial charge in [-0.25, -0.2) is 9.78 Å². The van der Waals surface area contributed by atoms with E-state index in [0.717, 1.165) is 19.2 Å². The van der Waals surface area contributed by atoms with Gasteiger partial charge in [-0.3, -0.25) is 4.79 Å². The number of aromatic nitrogens is 1. The summed E-state index contributed by atoms with van der Waals surface area (Å²) in [6.07, 6.45) is -3.48. The van der Waals surface area contributed by atoms with Gasteiger partial charge in [-0.15, -0.1) is 0 Å². The van der Waals surface area contributed by atoms with Crippen LogP contribution in [0.15, 0.2) is 18.3 Å². The van der Waals surface area contributed by atoms with Crippen molar-refractivity contribution in [2.45, 2.75) is 18.7 Å². The fraction of sp³-hybridized carbons (Fsp3) is 0.417. The number of halogens is 3. The molecule has 1 aromatic rings. The SMILES string of the molecule is CC(O)(CNC(=O)c1ccnc(OCC(F)(F)F)c1)C(=O)O. The highest BCUT2D eigenvalue weighted by atomic mass is 19.4. The van der Waals surface area contributed by atoms with Gasteiger partial charge in [-0.2, -0.15) is 13.2 Å². The standard InChI is InChI=1S/C12H13F3N2O5/c1-11(21,10(19)20)5-17-9(18)7-2-3-16-8(4-7)22-6-12(13,14)15/h2-4,21H,5-6H2,1H3,(H,17,18)(H,19,20). The second kappa shape index (κ2) is 6.60. The van der Waals surface area contributed by atoms with E-state index < -0.39 is 42.7 Å². The zero-order chi connectivity index (χ0) is 17.0. The van der Waals surface area contributed by atoms with Crippen LogP contribution in [-0.4, -0.2) is 52.0 Å². The zero-order valence-corrected chi connectivity index (χ0v) is 11.3. The number of hydrogen-bond acceptors (Lipinski definition) is 5. The van der Waals surface area contributed by atoms with Gasteiger partial charge in [0.2, 0.25) is 5.88 Å². The summed E-state index contributed by atoms with van der Waals surface area (Å²) in [5.74, 6) is -2.73. The third kappa shape index (κ3) is 5.56. The lowest BCUT2D eigenvalue weighted by atomic mass is 10.1. The van der Waals surface area contributed by atoms with Crippen LogP contribution in [-0.2, 0) is 4.79 Å². The summed E-state index contributed by atoms with van der Waals surface area (Å²) in [4.78, 5) is 25.9. The maximum absolute atomic E-state index is 12.0. The van der Waals surface area contributed by atoms with Crippen LogP contribution in [0.3, 0.4) is 0 Å². The number of amides is 1. The van der Waals surface area contributed by atoms with E-state index in [9.17, 15) is 27.9 Å². The number of rotatable bonds is 6. The minimum absolute atomic E-state index is 0.0895. The Morgan fingerprint density at radius 3 is 2.59 bits per heavy atom. The Bertz CT molecular complexity index is 560. The number of carbonyl (C=O) groups excluding carboxylic acids is 1. The molecule has 1 atom stereocenters. The van der Waals surface area contributed by atoms with E-state index >= 15 is 0 Å². The van der Waals surface area contributed by atoms with Crippen molar-refractivity contribution >= 4 is 11.9 Å². The molecule has 0 aliphatic heterocycles. The number of carbonyl (C=O) groups is 2. The first-order valence-electron chi connectivity index (χ1n) is 5.91. The molecule has 0 spiro atoms. The van der Waals surface area contributed by atoms with E-state index in [1.54, 1.807) is 0 Å². The summed E-state index contributed by atoms with van der Waals surface area (Å²) < 4.78 is 40.4. The molecular formula is C12H13F3N2O5. The molecule has 3 N–H and O–H groups in total. The highest BCUT2D eigenvalue weighted by Gasteiger charge is 2.31. The number of hydrogen-bond donors (Lipinski definition) is 3. The minimum Gasteiger partial charge on any atom is -0.479 e. The van der Waals surface area contributed by atoms with Crippen LogP contribution in [0.1, 0.15) is 17.3 Å². The molecule has 7 nitrogen and oxygen atoms in total. The molecule has 1 heterocycles. The van der Waals surface area contributed by atoms with Gasteiger partial charge in [0.1, 0.15) is 0 Å². The monoisotopic (exact) mass is 322 g/mol. The third-order valence-electron chi connectivity index (χ3n) is 2.43. The average molecular weight is 322 g/mol. The summed E-state index contributed by atoms with van der Waals surface area (Å²) in [5, 5.41) is 20.3. The van der Waals surface area contributed by atoms with Crippen molar-refractivity contribution < 1.29 is 37.7 Å². The number of carboxylic acids is 1. The van der Waals surface area contributed by atoms with Gasteiger partial charge >= 0.3 is 12.1 Å². The quantitative estimate of drug-likeness (QED) is 0.707. The summed E-state index contributed by atoms with van der Waals surface area (Å²) >= 11 is 0. The molecule has 0 aliphatic rings. The lowest BCUT2D eigenvalue weighted by molar-refractivity contribution is -0.156. The molecule has 1 unspecified atom stereocenters. The van der Waals surface area contributed by atoms with Crippen LogP contribution in [0.4, 0.5) is 13.2 Å². The number of nitrogens with one attached hydrogen (secondary N) is 1. The topological polar surface area (TPSA) is 109 Å². The molecule has 1 rings (SSSR count). The maximum Gasteiger partial charge on any atom is 0.422 e. The normalized spacial score (nSPS) is 14.0. The minimum atomic E-state index is -4.54. The van der Waals surface area contributed by atoms with Crippen molar-refractivity contribution in [1.82, 2.24) is 10.3 Å². The fourth-order valence-electron chi connectivity index (χ4n) is 1.22. The predicted octanol–water partition coefficient (Wildman–Crippen LogP) is 0.588. The molecule has 0 radical (unpaired) electrons. The average Bonchev–Trinajstić information content (AvgIpc) is 2.42. The van der Waals surface area contributed by atoms with E-state index in [1.165, 1.54) is 6.07 Å². The van der Waals surface area contributed by atoms with Gasteiger partial charge in [-0.05, 0) is 13.0 Å². The van der Waals surface area contributed by atoms with E-state index in [4.69, 9.17) is 5.11 Å². The third-order valence-corrected chi connectivity index (χ3v) is 2.43. The lowest BCUT2D eigenvalue weighted by Gasteiger charge is -2.18. The number of aliphatic carboxylic acids is 1. The Hall–Kier alpha value is -2.36. The van der Waals surface area contributed by atoms with E-state index in [2.05, 4.69) is 15.0 Å². The second-order valence-corrected chi connectivity index (χ2v) is 4.55. The Morgan fingerprint density at radius 1 is 1.41 bits per heavy atom. The number of carboxylic acid groups (broad SMARTS) is 1. The number of aliphatic hydroxyl groups is 1. The fourth-order valence-corrected chi connectivity index (χ4v) is 1.22. The van der Waals surface area contributed by atoms with Crippen LogP contribution in [0.5, 0.6) is 5.88 Å². The van der Waals surface area contributed by atoms with Gasteiger partial charge in [0.05, 0.1) is 6.54 Å².